The van der Waals surface area contributed by atoms with E-state index in [-0.39, 0.29) is 16.2 Å². The number of hydrogen-bond donors (Lipinski definition) is 0. The lowest BCUT2D eigenvalue weighted by Crippen LogP contribution is -2.46. The molecule has 0 N–H and O–H groups in total. The maximum atomic E-state index is 13.8. The van der Waals surface area contributed by atoms with Crippen LogP contribution in [0.5, 0.6) is 0 Å². The minimum Gasteiger partial charge on any atom is -0.299 e. The van der Waals surface area contributed by atoms with Crippen LogP contribution in [0.25, 0.3) is 0 Å². The van der Waals surface area contributed by atoms with Crippen LogP contribution in [-0.2, 0) is 9.59 Å². The number of carbonyl (C=O) groups is 2. The molecule has 7 rings (SSSR count). The number of carbonyl (C=O) groups excluding carboxylic acids is 2. The molecule has 0 saturated heterocycles. The van der Waals surface area contributed by atoms with Gasteiger partial charge in [-0.25, -0.2) is 0 Å². The highest BCUT2D eigenvalue weighted by atomic mass is 16.1. The smallest absolute Gasteiger partial charge is 0.145 e. The van der Waals surface area contributed by atoms with Crippen molar-refractivity contribution in [2.24, 2.45) is 87.3 Å². The molecule has 7 saturated carbocycles. The van der Waals surface area contributed by atoms with E-state index in [1.807, 2.05) is 20.8 Å². The van der Waals surface area contributed by atoms with Crippen molar-refractivity contribution in [3.63, 3.8) is 0 Å². The monoisotopic (exact) mass is 524 g/mol. The standard InChI is InChI=1S/C21H32O.C13H22O.C2H6/c1-11-13(3)17-7-15(11)9-20(17)5-6-21(19(20)22)10-16-8-18(21)14(4)12(16)2;1-5-13(10(4)14)7-11-6-12(13)9(3)8(11)2;1-2/h11-18H,5-10H2,1-4H3;8-9,11-12H,5-7H2,1-4H3;1-2H3. The summed E-state index contributed by atoms with van der Waals surface area (Å²) >= 11 is 0. The summed E-state index contributed by atoms with van der Waals surface area (Å²) in [5.41, 5.74) is 0.324. The molecule has 216 valence electrons. The molecule has 2 heteroatoms. The molecule has 6 bridgehead atoms. The van der Waals surface area contributed by atoms with Gasteiger partial charge in [0, 0.05) is 16.2 Å². The highest BCUT2D eigenvalue weighted by Gasteiger charge is 2.72. The molecule has 0 radical (unpaired) electrons. The summed E-state index contributed by atoms with van der Waals surface area (Å²) in [6.45, 7) is 22.5. The second-order valence-corrected chi connectivity index (χ2v) is 15.8. The molecule has 0 aromatic rings. The Balaban J connectivity index is 0.000000159. The van der Waals surface area contributed by atoms with Crippen LogP contribution in [0.15, 0.2) is 0 Å². The van der Waals surface area contributed by atoms with Gasteiger partial charge in [0.25, 0.3) is 0 Å². The van der Waals surface area contributed by atoms with Gasteiger partial charge in [0.2, 0.25) is 0 Å². The molecule has 15 unspecified atom stereocenters. The largest absolute Gasteiger partial charge is 0.299 e. The highest BCUT2D eigenvalue weighted by Crippen LogP contribution is 2.74. The summed E-state index contributed by atoms with van der Waals surface area (Å²) < 4.78 is 0. The normalized spacial score (nSPS) is 56.9. The molecular weight excluding hydrogens is 464 g/mol. The number of rotatable bonds is 2. The third-order valence-corrected chi connectivity index (χ3v) is 15.6. The van der Waals surface area contributed by atoms with E-state index in [0.717, 1.165) is 77.3 Å². The zero-order valence-corrected chi connectivity index (χ0v) is 26.6. The van der Waals surface area contributed by atoms with Gasteiger partial charge in [-0.15, -0.1) is 0 Å². The van der Waals surface area contributed by atoms with Crippen molar-refractivity contribution in [2.75, 3.05) is 0 Å². The summed E-state index contributed by atoms with van der Waals surface area (Å²) in [7, 11) is 0. The van der Waals surface area contributed by atoms with Gasteiger partial charge in [-0.2, -0.15) is 0 Å². The lowest BCUT2D eigenvalue weighted by atomic mass is 9.59. The fourth-order valence-corrected chi connectivity index (χ4v) is 12.8. The van der Waals surface area contributed by atoms with Crippen molar-refractivity contribution >= 4 is 11.6 Å². The zero-order chi connectivity index (χ0) is 27.9. The zero-order valence-electron chi connectivity index (χ0n) is 26.6. The first kappa shape index (κ1) is 28.9. The fraction of sp³-hybridized carbons (Fsp3) is 0.944. The van der Waals surface area contributed by atoms with Gasteiger partial charge < -0.3 is 0 Å². The molecule has 7 aliphatic rings. The predicted octanol–water partition coefficient (Wildman–Crippen LogP) is 9.26. The molecule has 38 heavy (non-hydrogen) atoms. The number of hydrogen-bond acceptors (Lipinski definition) is 2. The van der Waals surface area contributed by atoms with Gasteiger partial charge in [0.1, 0.15) is 11.6 Å². The van der Waals surface area contributed by atoms with E-state index < -0.39 is 0 Å². The summed E-state index contributed by atoms with van der Waals surface area (Å²) in [5.74, 6) is 10.8. The average Bonchev–Trinajstić information content (AvgIpc) is 3.76. The Hall–Kier alpha value is -0.660. The Morgan fingerprint density at radius 1 is 0.658 bits per heavy atom. The van der Waals surface area contributed by atoms with Gasteiger partial charge in [0.05, 0.1) is 0 Å². The molecule has 0 amide bonds. The minimum absolute atomic E-state index is 0.0661. The summed E-state index contributed by atoms with van der Waals surface area (Å²) in [5, 5.41) is 0. The lowest BCUT2D eigenvalue weighted by Gasteiger charge is -2.44. The first-order valence-electron chi connectivity index (χ1n) is 17.0. The van der Waals surface area contributed by atoms with E-state index >= 15 is 0 Å². The number of fused-ring (bicyclic) bond motifs is 8. The fourth-order valence-electron chi connectivity index (χ4n) is 12.8. The van der Waals surface area contributed by atoms with Crippen molar-refractivity contribution in [2.45, 2.75) is 127 Å². The molecular formula is C36H60O2. The number of ketones is 2. The highest BCUT2D eigenvalue weighted by molar-refractivity contribution is 5.94. The molecule has 7 fully saturated rings. The maximum absolute atomic E-state index is 13.8. The van der Waals surface area contributed by atoms with E-state index in [1.165, 1.54) is 51.4 Å². The van der Waals surface area contributed by atoms with Crippen LogP contribution in [0.2, 0.25) is 0 Å². The van der Waals surface area contributed by atoms with Crippen LogP contribution in [-0.4, -0.2) is 11.6 Å². The third-order valence-electron chi connectivity index (χ3n) is 15.6. The molecule has 0 heterocycles. The van der Waals surface area contributed by atoms with E-state index in [2.05, 4.69) is 48.5 Å². The Morgan fingerprint density at radius 2 is 1.03 bits per heavy atom. The van der Waals surface area contributed by atoms with E-state index in [9.17, 15) is 9.59 Å². The summed E-state index contributed by atoms with van der Waals surface area (Å²) in [4.78, 5) is 25.7. The summed E-state index contributed by atoms with van der Waals surface area (Å²) in [6, 6.07) is 0. The van der Waals surface area contributed by atoms with Gasteiger partial charge in [-0.3, -0.25) is 9.59 Å². The van der Waals surface area contributed by atoms with Crippen molar-refractivity contribution in [1.82, 2.24) is 0 Å². The second-order valence-electron chi connectivity index (χ2n) is 15.8. The average molecular weight is 525 g/mol. The molecule has 7 aliphatic carbocycles. The van der Waals surface area contributed by atoms with Crippen LogP contribution in [0, 0.1) is 87.3 Å². The molecule has 2 spiro atoms. The van der Waals surface area contributed by atoms with Crippen LogP contribution in [0.3, 0.4) is 0 Å². The lowest BCUT2D eigenvalue weighted by molar-refractivity contribution is -0.142. The van der Waals surface area contributed by atoms with Gasteiger partial charge >= 0.3 is 0 Å². The first-order valence-corrected chi connectivity index (χ1v) is 17.0. The predicted molar refractivity (Wildman–Crippen MR) is 157 cm³/mol. The number of Topliss-reactive ketones (excluding diaryl/α,β-unsaturated/α-hetero) is 2. The topological polar surface area (TPSA) is 34.1 Å². The van der Waals surface area contributed by atoms with Crippen molar-refractivity contribution in [3.05, 3.63) is 0 Å². The summed E-state index contributed by atoms with van der Waals surface area (Å²) in [6.07, 6.45) is 11.3. The Bertz CT molecular complexity index is 886. The van der Waals surface area contributed by atoms with Crippen molar-refractivity contribution in [3.8, 4) is 0 Å². The van der Waals surface area contributed by atoms with Crippen molar-refractivity contribution in [1.29, 1.82) is 0 Å². The molecule has 0 aliphatic heterocycles. The molecule has 2 nitrogen and oxygen atoms in total. The minimum atomic E-state index is 0.0661. The Kier molecular flexibility index (Phi) is 7.38. The van der Waals surface area contributed by atoms with Crippen molar-refractivity contribution < 1.29 is 9.59 Å². The van der Waals surface area contributed by atoms with Gasteiger partial charge in [0.15, 0.2) is 0 Å². The van der Waals surface area contributed by atoms with Crippen LogP contribution >= 0.6 is 0 Å². The SMILES string of the molecule is CC.CC1C2CC(C1C)C1(CCC3(CC4CC3C(C)C4C)C1=O)C2.CCC1(C(C)=O)CC2CC1C(C)C2C. The first-order chi connectivity index (χ1) is 17.9. The van der Waals surface area contributed by atoms with E-state index in [4.69, 9.17) is 0 Å². The molecule has 0 aromatic carbocycles. The van der Waals surface area contributed by atoms with Gasteiger partial charge in [-0.1, -0.05) is 62.3 Å². The molecule has 0 aromatic heterocycles. The van der Waals surface area contributed by atoms with Crippen LogP contribution in [0.4, 0.5) is 0 Å². The second kappa shape index (κ2) is 9.72. The quantitative estimate of drug-likeness (QED) is 0.361. The molecule has 15 atom stereocenters. The Morgan fingerprint density at radius 3 is 1.32 bits per heavy atom. The maximum Gasteiger partial charge on any atom is 0.145 e. The van der Waals surface area contributed by atoms with E-state index in [1.54, 1.807) is 0 Å². The van der Waals surface area contributed by atoms with Crippen LogP contribution in [0.1, 0.15) is 127 Å². The van der Waals surface area contributed by atoms with Gasteiger partial charge in [-0.05, 0) is 136 Å². The third kappa shape index (κ3) is 3.55. The Labute approximate surface area is 235 Å². The van der Waals surface area contributed by atoms with Crippen LogP contribution < -0.4 is 0 Å². The van der Waals surface area contributed by atoms with E-state index in [0.29, 0.717) is 11.7 Å².